The lowest BCUT2D eigenvalue weighted by Gasteiger charge is -2.16. The Morgan fingerprint density at radius 1 is 1.38 bits per heavy atom. The van der Waals surface area contributed by atoms with Crippen LogP contribution in [0.3, 0.4) is 0 Å². The Balaban J connectivity index is 1.84. The van der Waals surface area contributed by atoms with Gasteiger partial charge in [-0.05, 0) is 25.0 Å². The van der Waals surface area contributed by atoms with Crippen molar-refractivity contribution in [3.05, 3.63) is 34.6 Å². The lowest BCUT2D eigenvalue weighted by Crippen LogP contribution is -2.10. The van der Waals surface area contributed by atoms with Crippen LogP contribution in [0.5, 0.6) is 5.75 Å². The Hall–Kier alpha value is -1.75. The SMILES string of the molecule is CC(C)c1noc(NC2CCCOc3cc(Cl)ccc32)n1. The van der Waals surface area contributed by atoms with Gasteiger partial charge in [0.15, 0.2) is 5.82 Å². The highest BCUT2D eigenvalue weighted by Crippen LogP contribution is 2.35. The van der Waals surface area contributed by atoms with Gasteiger partial charge in [-0.3, -0.25) is 0 Å². The van der Waals surface area contributed by atoms with Gasteiger partial charge in [0.2, 0.25) is 0 Å². The number of fused-ring (bicyclic) bond motifs is 1. The Kier molecular flexibility index (Phi) is 4.01. The van der Waals surface area contributed by atoms with Crippen LogP contribution in [0.1, 0.15) is 50.0 Å². The van der Waals surface area contributed by atoms with E-state index in [0.29, 0.717) is 23.5 Å². The van der Waals surface area contributed by atoms with Gasteiger partial charge in [0.05, 0.1) is 12.6 Å². The average molecular weight is 308 g/mol. The molecule has 1 N–H and O–H groups in total. The van der Waals surface area contributed by atoms with Gasteiger partial charge in [0, 0.05) is 16.5 Å². The highest BCUT2D eigenvalue weighted by molar-refractivity contribution is 6.30. The zero-order valence-corrected chi connectivity index (χ0v) is 12.9. The number of nitrogens with one attached hydrogen (secondary N) is 1. The predicted molar refractivity (Wildman–Crippen MR) is 80.9 cm³/mol. The fourth-order valence-corrected chi connectivity index (χ4v) is 2.54. The number of aromatic nitrogens is 2. The average Bonchev–Trinajstić information content (AvgIpc) is 2.83. The first-order valence-corrected chi connectivity index (χ1v) is 7.53. The maximum Gasteiger partial charge on any atom is 0.321 e. The Morgan fingerprint density at radius 3 is 3.00 bits per heavy atom. The quantitative estimate of drug-likeness (QED) is 0.922. The van der Waals surface area contributed by atoms with Crippen molar-refractivity contribution >= 4 is 17.6 Å². The summed E-state index contributed by atoms with van der Waals surface area (Å²) in [5, 5.41) is 7.96. The molecule has 0 aliphatic carbocycles. The minimum absolute atomic E-state index is 0.0835. The molecule has 1 aromatic carbocycles. The van der Waals surface area contributed by atoms with Crippen LogP contribution in [0.4, 0.5) is 6.01 Å². The standard InChI is InChI=1S/C15H18ClN3O2/c1-9(2)14-18-15(21-19-14)17-12-4-3-7-20-13-8-10(16)5-6-11(12)13/h5-6,8-9,12H,3-4,7H2,1-2H3,(H,17,18,19). The van der Waals surface area contributed by atoms with Crippen molar-refractivity contribution in [3.8, 4) is 5.75 Å². The van der Waals surface area contributed by atoms with E-state index in [1.165, 1.54) is 0 Å². The summed E-state index contributed by atoms with van der Waals surface area (Å²) in [6.45, 7) is 4.75. The highest BCUT2D eigenvalue weighted by Gasteiger charge is 2.22. The predicted octanol–water partition coefficient (Wildman–Crippen LogP) is 4.17. The molecule has 6 heteroatoms. The van der Waals surface area contributed by atoms with E-state index >= 15 is 0 Å². The molecule has 0 fully saturated rings. The fourth-order valence-electron chi connectivity index (χ4n) is 2.37. The lowest BCUT2D eigenvalue weighted by molar-refractivity contribution is 0.316. The second-order valence-electron chi connectivity index (χ2n) is 5.48. The maximum absolute atomic E-state index is 6.03. The number of hydrogen-bond donors (Lipinski definition) is 1. The molecule has 112 valence electrons. The van der Waals surface area contributed by atoms with Gasteiger partial charge in [0.25, 0.3) is 0 Å². The van der Waals surface area contributed by atoms with Crippen molar-refractivity contribution in [2.75, 3.05) is 11.9 Å². The summed E-state index contributed by atoms with van der Waals surface area (Å²) in [6.07, 6.45) is 1.89. The molecule has 3 rings (SSSR count). The number of anilines is 1. The number of ether oxygens (including phenoxy) is 1. The van der Waals surface area contributed by atoms with Crippen molar-refractivity contribution in [1.82, 2.24) is 10.1 Å². The smallest absolute Gasteiger partial charge is 0.321 e. The van der Waals surface area contributed by atoms with Crippen molar-refractivity contribution < 1.29 is 9.26 Å². The number of nitrogens with zero attached hydrogens (tertiary/aromatic N) is 2. The molecule has 0 saturated carbocycles. The number of hydrogen-bond acceptors (Lipinski definition) is 5. The fraction of sp³-hybridized carbons (Fsp3) is 0.467. The topological polar surface area (TPSA) is 60.2 Å². The number of benzene rings is 1. The van der Waals surface area contributed by atoms with E-state index in [0.717, 1.165) is 24.2 Å². The first kappa shape index (κ1) is 14.2. The van der Waals surface area contributed by atoms with Crippen LogP contribution in [-0.4, -0.2) is 16.7 Å². The van der Waals surface area contributed by atoms with Gasteiger partial charge in [-0.2, -0.15) is 4.98 Å². The molecule has 0 radical (unpaired) electrons. The van der Waals surface area contributed by atoms with Crippen LogP contribution in [-0.2, 0) is 0 Å². The minimum atomic E-state index is 0.0835. The summed E-state index contributed by atoms with van der Waals surface area (Å²) in [6, 6.07) is 6.24. The molecule has 0 spiro atoms. The van der Waals surface area contributed by atoms with Crippen LogP contribution in [0.15, 0.2) is 22.7 Å². The van der Waals surface area contributed by atoms with Gasteiger partial charge in [-0.25, -0.2) is 0 Å². The molecular weight excluding hydrogens is 290 g/mol. The van der Waals surface area contributed by atoms with Crippen LogP contribution in [0, 0.1) is 0 Å². The number of rotatable bonds is 3. The normalized spacial score (nSPS) is 18.0. The molecule has 1 aliphatic heterocycles. The Morgan fingerprint density at radius 2 is 2.24 bits per heavy atom. The van der Waals surface area contributed by atoms with Crippen molar-refractivity contribution in [2.24, 2.45) is 0 Å². The largest absolute Gasteiger partial charge is 0.493 e. The maximum atomic E-state index is 6.03. The third kappa shape index (κ3) is 3.13. The summed E-state index contributed by atoms with van der Waals surface area (Å²) in [4.78, 5) is 4.37. The first-order valence-electron chi connectivity index (χ1n) is 7.16. The second-order valence-corrected chi connectivity index (χ2v) is 5.92. The summed E-state index contributed by atoms with van der Waals surface area (Å²) < 4.78 is 11.0. The summed E-state index contributed by atoms with van der Waals surface area (Å²) >= 11 is 6.03. The van der Waals surface area contributed by atoms with Gasteiger partial charge < -0.3 is 14.6 Å². The van der Waals surface area contributed by atoms with Crippen LogP contribution in [0.2, 0.25) is 5.02 Å². The monoisotopic (exact) mass is 307 g/mol. The minimum Gasteiger partial charge on any atom is -0.493 e. The summed E-state index contributed by atoms with van der Waals surface area (Å²) in [5.74, 6) is 1.77. The van der Waals surface area contributed by atoms with E-state index in [-0.39, 0.29) is 12.0 Å². The molecule has 1 aliphatic rings. The molecule has 0 bridgehead atoms. The van der Waals surface area contributed by atoms with Crippen molar-refractivity contribution in [1.29, 1.82) is 0 Å². The first-order chi connectivity index (χ1) is 10.1. The molecule has 1 unspecified atom stereocenters. The van der Waals surface area contributed by atoms with Crippen LogP contribution < -0.4 is 10.1 Å². The Bertz CT molecular complexity index is 627. The molecule has 2 heterocycles. The number of halogens is 1. The summed E-state index contributed by atoms with van der Waals surface area (Å²) in [7, 11) is 0. The van der Waals surface area contributed by atoms with Gasteiger partial charge >= 0.3 is 6.01 Å². The molecule has 21 heavy (non-hydrogen) atoms. The second kappa shape index (κ2) is 5.93. The van der Waals surface area contributed by atoms with Gasteiger partial charge in [-0.15, -0.1) is 0 Å². The molecule has 5 nitrogen and oxygen atoms in total. The molecule has 2 aromatic rings. The van der Waals surface area contributed by atoms with E-state index in [1.807, 2.05) is 32.0 Å². The van der Waals surface area contributed by atoms with E-state index < -0.39 is 0 Å². The summed E-state index contributed by atoms with van der Waals surface area (Å²) in [5.41, 5.74) is 1.07. The van der Waals surface area contributed by atoms with Crippen LogP contribution in [0.25, 0.3) is 0 Å². The lowest BCUT2D eigenvalue weighted by atomic mass is 10.0. The van der Waals surface area contributed by atoms with Gasteiger partial charge in [-0.1, -0.05) is 36.7 Å². The van der Waals surface area contributed by atoms with E-state index in [4.69, 9.17) is 20.9 Å². The third-order valence-corrected chi connectivity index (χ3v) is 3.74. The van der Waals surface area contributed by atoms with Gasteiger partial charge in [0.1, 0.15) is 5.75 Å². The van der Waals surface area contributed by atoms with E-state index in [9.17, 15) is 0 Å². The Labute approximate surface area is 128 Å². The molecule has 1 atom stereocenters. The van der Waals surface area contributed by atoms with E-state index in [1.54, 1.807) is 0 Å². The molecular formula is C15H18ClN3O2. The zero-order chi connectivity index (χ0) is 14.8. The van der Waals surface area contributed by atoms with Crippen LogP contribution >= 0.6 is 11.6 Å². The van der Waals surface area contributed by atoms with Crippen molar-refractivity contribution in [3.63, 3.8) is 0 Å². The van der Waals surface area contributed by atoms with E-state index in [2.05, 4.69) is 15.5 Å². The van der Waals surface area contributed by atoms with Crippen molar-refractivity contribution in [2.45, 2.75) is 38.6 Å². The zero-order valence-electron chi connectivity index (χ0n) is 12.1. The third-order valence-electron chi connectivity index (χ3n) is 3.50. The molecule has 1 aromatic heterocycles. The molecule has 0 saturated heterocycles. The highest BCUT2D eigenvalue weighted by atomic mass is 35.5. The molecule has 0 amide bonds.